The van der Waals surface area contributed by atoms with Crippen molar-refractivity contribution >= 4 is 28.2 Å². The van der Waals surface area contributed by atoms with Gasteiger partial charge in [0.05, 0.1) is 0 Å². The maximum atomic E-state index is 13.3. The Balaban J connectivity index is 1.96. The first-order valence-corrected chi connectivity index (χ1v) is 9.48. The Morgan fingerprint density at radius 3 is 2.45 bits per heavy atom. The van der Waals surface area contributed by atoms with Gasteiger partial charge in [-0.2, -0.15) is 0 Å². The molecule has 0 aliphatic carbocycles. The van der Waals surface area contributed by atoms with E-state index in [4.69, 9.17) is 6.42 Å². The number of carbonyl (C=O) groups is 2. The van der Waals surface area contributed by atoms with Crippen molar-refractivity contribution in [2.75, 3.05) is 11.9 Å². The zero-order chi connectivity index (χ0) is 20.6. The van der Waals surface area contributed by atoms with Crippen molar-refractivity contribution in [3.8, 4) is 12.3 Å². The number of Topliss-reactive ketones (excluding diaryl/α,β-unsaturated/α-hetero) is 1. The molecule has 0 aromatic heterocycles. The molecule has 0 spiro atoms. The third kappa shape index (κ3) is 4.72. The number of nitrogens with one attached hydrogen (secondary N) is 2. The summed E-state index contributed by atoms with van der Waals surface area (Å²) in [7, 11) is 0. The van der Waals surface area contributed by atoms with E-state index in [1.165, 1.54) is 6.20 Å². The van der Waals surface area contributed by atoms with Gasteiger partial charge in [-0.05, 0) is 41.5 Å². The lowest BCUT2D eigenvalue weighted by molar-refractivity contribution is -0.117. The highest BCUT2D eigenvalue weighted by Gasteiger charge is 2.21. The molecular weight excluding hydrogens is 360 g/mol. The number of anilines is 1. The van der Waals surface area contributed by atoms with Gasteiger partial charge in [-0.15, -0.1) is 6.42 Å². The number of carbonyl (C=O) groups excluding carboxylic acids is 2. The van der Waals surface area contributed by atoms with E-state index in [2.05, 4.69) is 16.6 Å². The molecule has 144 valence electrons. The molecule has 3 aromatic carbocycles. The van der Waals surface area contributed by atoms with E-state index in [-0.39, 0.29) is 11.4 Å². The van der Waals surface area contributed by atoms with Crippen LogP contribution in [0, 0.1) is 12.3 Å². The fraction of sp³-hybridized carbons (Fsp3) is 0.120. The van der Waals surface area contributed by atoms with Gasteiger partial charge in [0.1, 0.15) is 5.57 Å². The number of fused-ring (bicyclic) bond motifs is 1. The molecule has 4 nitrogen and oxygen atoms in total. The maximum absolute atomic E-state index is 13.3. The van der Waals surface area contributed by atoms with Crippen LogP contribution in [-0.4, -0.2) is 18.2 Å². The number of ketones is 1. The van der Waals surface area contributed by atoms with Crippen LogP contribution < -0.4 is 10.6 Å². The van der Waals surface area contributed by atoms with Gasteiger partial charge >= 0.3 is 0 Å². The van der Waals surface area contributed by atoms with Gasteiger partial charge in [-0.1, -0.05) is 55.3 Å². The average molecular weight is 382 g/mol. The molecule has 0 atom stereocenters. The molecular formula is C25H22N2O2. The van der Waals surface area contributed by atoms with E-state index in [1.54, 1.807) is 30.3 Å². The monoisotopic (exact) mass is 382 g/mol. The number of benzene rings is 3. The lowest BCUT2D eigenvalue weighted by Gasteiger charge is -2.11. The van der Waals surface area contributed by atoms with Crippen molar-refractivity contribution in [2.45, 2.75) is 13.3 Å². The second kappa shape index (κ2) is 9.38. The normalized spacial score (nSPS) is 11.0. The Bertz CT molecular complexity index is 1100. The van der Waals surface area contributed by atoms with Crippen LogP contribution >= 0.6 is 0 Å². The van der Waals surface area contributed by atoms with Crippen LogP contribution in [-0.2, 0) is 4.79 Å². The van der Waals surface area contributed by atoms with Crippen LogP contribution in [0.5, 0.6) is 0 Å². The van der Waals surface area contributed by atoms with Gasteiger partial charge in [-0.3, -0.25) is 9.59 Å². The van der Waals surface area contributed by atoms with Crippen molar-refractivity contribution < 1.29 is 9.59 Å². The van der Waals surface area contributed by atoms with Crippen LogP contribution in [0.25, 0.3) is 10.8 Å². The van der Waals surface area contributed by atoms with Crippen LogP contribution in [0.15, 0.2) is 78.5 Å². The molecule has 0 heterocycles. The topological polar surface area (TPSA) is 58.2 Å². The quantitative estimate of drug-likeness (QED) is 0.208. The maximum Gasteiger partial charge on any atom is 0.256 e. The zero-order valence-corrected chi connectivity index (χ0v) is 16.2. The summed E-state index contributed by atoms with van der Waals surface area (Å²) in [5.74, 6) is 1.82. The molecule has 3 aromatic rings. The van der Waals surface area contributed by atoms with Crippen molar-refractivity contribution in [1.29, 1.82) is 0 Å². The summed E-state index contributed by atoms with van der Waals surface area (Å²) < 4.78 is 0. The molecule has 0 bridgehead atoms. The lowest BCUT2D eigenvalue weighted by atomic mass is 9.97. The number of terminal acetylenes is 1. The number of hydrogen-bond acceptors (Lipinski definition) is 3. The molecule has 0 fully saturated rings. The van der Waals surface area contributed by atoms with Crippen molar-refractivity contribution in [2.24, 2.45) is 0 Å². The molecule has 2 N–H and O–H groups in total. The minimum atomic E-state index is -0.405. The van der Waals surface area contributed by atoms with E-state index in [1.807, 2.05) is 43.3 Å². The fourth-order valence-electron chi connectivity index (χ4n) is 2.95. The zero-order valence-electron chi connectivity index (χ0n) is 16.2. The molecule has 0 aliphatic rings. The van der Waals surface area contributed by atoms with Gasteiger partial charge in [0.25, 0.3) is 5.91 Å². The molecule has 0 aliphatic heterocycles. The van der Waals surface area contributed by atoms with Crippen molar-refractivity contribution in [1.82, 2.24) is 5.32 Å². The van der Waals surface area contributed by atoms with Gasteiger partial charge in [0.2, 0.25) is 5.78 Å². The first-order valence-electron chi connectivity index (χ1n) is 9.48. The van der Waals surface area contributed by atoms with Gasteiger partial charge in [0.15, 0.2) is 0 Å². The fourth-order valence-corrected chi connectivity index (χ4v) is 2.95. The number of rotatable bonds is 7. The largest absolute Gasteiger partial charge is 0.361 e. The first kappa shape index (κ1) is 19.9. The van der Waals surface area contributed by atoms with Crippen molar-refractivity contribution in [3.63, 3.8) is 0 Å². The summed E-state index contributed by atoms with van der Waals surface area (Å²) in [5.41, 5.74) is 2.03. The second-order valence-electron chi connectivity index (χ2n) is 6.54. The highest BCUT2D eigenvalue weighted by atomic mass is 16.2. The Kier molecular flexibility index (Phi) is 6.44. The smallest absolute Gasteiger partial charge is 0.256 e. The summed E-state index contributed by atoms with van der Waals surface area (Å²) >= 11 is 0. The molecule has 4 heteroatoms. The predicted molar refractivity (Wildman–Crippen MR) is 118 cm³/mol. The summed E-state index contributed by atoms with van der Waals surface area (Å²) in [5, 5.41) is 7.59. The van der Waals surface area contributed by atoms with Crippen LogP contribution in [0.2, 0.25) is 0 Å². The highest BCUT2D eigenvalue weighted by Crippen LogP contribution is 2.21. The molecule has 3 rings (SSSR count). The van der Waals surface area contributed by atoms with Gasteiger partial charge in [-0.25, -0.2) is 0 Å². The van der Waals surface area contributed by atoms with E-state index >= 15 is 0 Å². The second-order valence-corrected chi connectivity index (χ2v) is 6.54. The first-order chi connectivity index (χ1) is 14.1. The van der Waals surface area contributed by atoms with Gasteiger partial charge < -0.3 is 10.6 Å². The van der Waals surface area contributed by atoms with Crippen LogP contribution in [0.1, 0.15) is 29.3 Å². The minimum Gasteiger partial charge on any atom is -0.361 e. The number of hydrogen-bond donors (Lipinski definition) is 2. The number of amides is 1. The standard InChI is InChI=1S/C25H22N2O2/c1-3-16-26-25(29)23(17-27-20-14-12-18(4-2)13-15-20)24(28)22-11-7-9-19-8-5-6-10-21(19)22/h2,5-15,17,27H,3,16H2,1H3,(H,26,29). The Labute approximate surface area is 170 Å². The summed E-state index contributed by atoms with van der Waals surface area (Å²) in [4.78, 5) is 26.0. The molecule has 1 amide bonds. The van der Waals surface area contributed by atoms with Crippen LogP contribution in [0.3, 0.4) is 0 Å². The molecule has 0 saturated heterocycles. The average Bonchev–Trinajstić information content (AvgIpc) is 2.77. The Morgan fingerprint density at radius 1 is 1.00 bits per heavy atom. The highest BCUT2D eigenvalue weighted by molar-refractivity contribution is 6.28. The summed E-state index contributed by atoms with van der Waals surface area (Å²) in [6, 6.07) is 20.3. The van der Waals surface area contributed by atoms with Gasteiger partial charge in [0, 0.05) is 29.6 Å². The molecule has 0 saturated carbocycles. The molecule has 0 unspecified atom stereocenters. The van der Waals surface area contributed by atoms with E-state index in [9.17, 15) is 9.59 Å². The molecule has 29 heavy (non-hydrogen) atoms. The van der Waals surface area contributed by atoms with Crippen LogP contribution in [0.4, 0.5) is 5.69 Å². The third-order valence-electron chi connectivity index (χ3n) is 4.49. The SMILES string of the molecule is C#Cc1ccc(NC=C(C(=O)NCCC)C(=O)c2cccc3ccccc23)cc1. The van der Waals surface area contributed by atoms with E-state index < -0.39 is 5.91 Å². The summed E-state index contributed by atoms with van der Waals surface area (Å²) in [6.45, 7) is 2.46. The minimum absolute atomic E-state index is 0.0517. The van der Waals surface area contributed by atoms with E-state index in [0.717, 1.165) is 28.4 Å². The lowest BCUT2D eigenvalue weighted by Crippen LogP contribution is -2.29. The summed E-state index contributed by atoms with van der Waals surface area (Å²) in [6.07, 6.45) is 7.62. The van der Waals surface area contributed by atoms with E-state index in [0.29, 0.717) is 12.1 Å². The third-order valence-corrected chi connectivity index (χ3v) is 4.49. The predicted octanol–water partition coefficient (Wildman–Crippen LogP) is 4.53. The van der Waals surface area contributed by atoms with Crippen molar-refractivity contribution in [3.05, 3.63) is 89.6 Å². The molecule has 0 radical (unpaired) electrons. The Morgan fingerprint density at radius 2 is 1.72 bits per heavy atom. The Hall–Kier alpha value is -3.84.